The zero-order chi connectivity index (χ0) is 11.0. The number of hydrogen-bond donors (Lipinski definition) is 1. The van der Waals surface area contributed by atoms with Gasteiger partial charge < -0.3 is 5.32 Å². The first-order valence-electron chi connectivity index (χ1n) is 6.62. The van der Waals surface area contributed by atoms with Crippen LogP contribution in [0.4, 0.5) is 0 Å². The Morgan fingerprint density at radius 3 is 2.07 bits per heavy atom. The Kier molecular flexibility index (Phi) is 8.26. The number of nitrogens with one attached hydrogen (secondary N) is 1. The number of hydrogen-bond acceptors (Lipinski definition) is 1. The van der Waals surface area contributed by atoms with E-state index in [-0.39, 0.29) is 0 Å². The Balaban J connectivity index is 0.000000379. The molecule has 0 bridgehead atoms. The van der Waals surface area contributed by atoms with Gasteiger partial charge in [-0.05, 0) is 32.1 Å². The van der Waals surface area contributed by atoms with Crippen LogP contribution >= 0.6 is 0 Å². The van der Waals surface area contributed by atoms with Crippen LogP contribution in [0.15, 0.2) is 0 Å². The van der Waals surface area contributed by atoms with Crippen LogP contribution in [0.1, 0.15) is 66.7 Å². The van der Waals surface area contributed by atoms with E-state index in [2.05, 4.69) is 12.2 Å². The first-order chi connectivity index (χ1) is 6.86. The van der Waals surface area contributed by atoms with Crippen molar-refractivity contribution in [3.8, 4) is 0 Å². The summed E-state index contributed by atoms with van der Waals surface area (Å²) in [6.45, 7) is 10.3. The molecule has 14 heavy (non-hydrogen) atoms. The van der Waals surface area contributed by atoms with E-state index in [9.17, 15) is 0 Å². The maximum Gasteiger partial charge on any atom is 0.00983 e. The van der Waals surface area contributed by atoms with Gasteiger partial charge in [0.05, 0.1) is 0 Å². The van der Waals surface area contributed by atoms with Gasteiger partial charge in [-0.25, -0.2) is 0 Å². The first-order valence-corrected chi connectivity index (χ1v) is 6.62. The molecule has 86 valence electrons. The van der Waals surface area contributed by atoms with Crippen molar-refractivity contribution in [3.05, 3.63) is 0 Å². The summed E-state index contributed by atoms with van der Waals surface area (Å²) < 4.78 is 0. The monoisotopic (exact) mass is 199 g/mol. The van der Waals surface area contributed by atoms with Gasteiger partial charge in [0.15, 0.2) is 0 Å². The topological polar surface area (TPSA) is 12.0 Å². The van der Waals surface area contributed by atoms with Crippen molar-refractivity contribution in [1.29, 1.82) is 0 Å². The van der Waals surface area contributed by atoms with Crippen LogP contribution in [0.25, 0.3) is 0 Å². The van der Waals surface area contributed by atoms with Crippen LogP contribution in [-0.2, 0) is 0 Å². The van der Waals surface area contributed by atoms with Gasteiger partial charge in [0.1, 0.15) is 0 Å². The van der Waals surface area contributed by atoms with Gasteiger partial charge in [0, 0.05) is 12.1 Å². The zero-order valence-electron chi connectivity index (χ0n) is 10.8. The lowest BCUT2D eigenvalue weighted by molar-refractivity contribution is 0.325. The molecule has 2 rings (SSSR count). The largest absolute Gasteiger partial charge is 0.311 e. The van der Waals surface area contributed by atoms with E-state index in [4.69, 9.17) is 0 Å². The molecule has 1 aliphatic carbocycles. The quantitative estimate of drug-likeness (QED) is 0.622. The fourth-order valence-corrected chi connectivity index (χ4v) is 2.60. The van der Waals surface area contributed by atoms with Crippen molar-refractivity contribution in [2.24, 2.45) is 5.92 Å². The van der Waals surface area contributed by atoms with E-state index in [0.717, 1.165) is 18.0 Å². The Morgan fingerprint density at radius 2 is 1.50 bits per heavy atom. The SMILES string of the molecule is CC.CC.CC1CC2CCCCC2N1. The molecule has 1 saturated heterocycles. The summed E-state index contributed by atoms with van der Waals surface area (Å²) in [5.74, 6) is 1.03. The second-order valence-electron chi connectivity index (χ2n) is 3.95. The van der Waals surface area contributed by atoms with Crippen LogP contribution in [0.3, 0.4) is 0 Å². The average Bonchev–Trinajstić information content (AvgIpc) is 2.64. The predicted octanol–water partition coefficient (Wildman–Crippen LogP) is 3.98. The summed E-state index contributed by atoms with van der Waals surface area (Å²) in [4.78, 5) is 0. The standard InChI is InChI=1S/C9H17N.2C2H6/c1-7-6-8-4-2-3-5-9(8)10-7;2*1-2/h7-10H,2-6H2,1H3;2*1-2H3. The fraction of sp³-hybridized carbons (Fsp3) is 1.00. The molecule has 0 radical (unpaired) electrons. The minimum absolute atomic E-state index is 0.799. The summed E-state index contributed by atoms with van der Waals surface area (Å²) in [6.07, 6.45) is 7.30. The Hall–Kier alpha value is -0.0400. The minimum atomic E-state index is 0.799. The third-order valence-electron chi connectivity index (χ3n) is 3.06. The van der Waals surface area contributed by atoms with E-state index in [1.807, 2.05) is 27.7 Å². The Morgan fingerprint density at radius 1 is 0.929 bits per heavy atom. The third-order valence-corrected chi connectivity index (χ3v) is 3.06. The molecular weight excluding hydrogens is 170 g/mol. The van der Waals surface area contributed by atoms with Crippen LogP contribution in [0.2, 0.25) is 0 Å². The zero-order valence-corrected chi connectivity index (χ0v) is 10.8. The highest BCUT2D eigenvalue weighted by atomic mass is 15.0. The van der Waals surface area contributed by atoms with E-state index in [0.29, 0.717) is 0 Å². The molecule has 0 spiro atoms. The lowest BCUT2D eigenvalue weighted by Crippen LogP contribution is -2.31. The molecule has 2 fully saturated rings. The van der Waals surface area contributed by atoms with Gasteiger partial charge in [0.2, 0.25) is 0 Å². The lowest BCUT2D eigenvalue weighted by atomic mass is 9.85. The molecule has 1 N–H and O–H groups in total. The molecular formula is C13H29N. The second kappa shape index (κ2) is 8.28. The smallest absolute Gasteiger partial charge is 0.00983 e. The summed E-state index contributed by atoms with van der Waals surface area (Å²) in [5, 5.41) is 3.66. The fourth-order valence-electron chi connectivity index (χ4n) is 2.60. The molecule has 1 saturated carbocycles. The molecule has 1 heteroatoms. The van der Waals surface area contributed by atoms with Gasteiger partial charge in [0.25, 0.3) is 0 Å². The number of fused-ring (bicyclic) bond motifs is 1. The second-order valence-corrected chi connectivity index (χ2v) is 3.95. The minimum Gasteiger partial charge on any atom is -0.311 e. The van der Waals surface area contributed by atoms with Crippen LogP contribution < -0.4 is 5.32 Å². The molecule has 1 heterocycles. The molecule has 1 nitrogen and oxygen atoms in total. The van der Waals surface area contributed by atoms with Gasteiger partial charge in [-0.2, -0.15) is 0 Å². The first kappa shape index (κ1) is 14.0. The van der Waals surface area contributed by atoms with Gasteiger partial charge in [-0.15, -0.1) is 0 Å². The molecule has 0 aromatic rings. The van der Waals surface area contributed by atoms with E-state index in [1.165, 1.54) is 32.1 Å². The highest BCUT2D eigenvalue weighted by molar-refractivity contribution is 4.90. The molecule has 2 aliphatic rings. The Labute approximate surface area is 90.7 Å². The highest BCUT2D eigenvalue weighted by Gasteiger charge is 2.32. The van der Waals surface area contributed by atoms with E-state index in [1.54, 1.807) is 0 Å². The maximum atomic E-state index is 3.66. The van der Waals surface area contributed by atoms with Crippen LogP contribution in [-0.4, -0.2) is 12.1 Å². The summed E-state index contributed by atoms with van der Waals surface area (Å²) >= 11 is 0. The Bertz CT molecular complexity index is 108. The summed E-state index contributed by atoms with van der Waals surface area (Å²) in [7, 11) is 0. The van der Waals surface area contributed by atoms with Crippen molar-refractivity contribution in [1.82, 2.24) is 5.32 Å². The van der Waals surface area contributed by atoms with Crippen molar-refractivity contribution in [2.75, 3.05) is 0 Å². The van der Waals surface area contributed by atoms with Crippen molar-refractivity contribution >= 4 is 0 Å². The molecule has 0 aromatic heterocycles. The van der Waals surface area contributed by atoms with E-state index < -0.39 is 0 Å². The van der Waals surface area contributed by atoms with Crippen LogP contribution in [0, 0.1) is 5.92 Å². The summed E-state index contributed by atoms with van der Waals surface area (Å²) in [6, 6.07) is 1.69. The highest BCUT2D eigenvalue weighted by Crippen LogP contribution is 2.32. The van der Waals surface area contributed by atoms with Crippen LogP contribution in [0.5, 0.6) is 0 Å². The predicted molar refractivity (Wildman–Crippen MR) is 65.7 cm³/mol. The van der Waals surface area contributed by atoms with Gasteiger partial charge >= 0.3 is 0 Å². The lowest BCUT2D eigenvalue weighted by Gasteiger charge is -2.24. The third kappa shape index (κ3) is 4.00. The van der Waals surface area contributed by atoms with E-state index >= 15 is 0 Å². The summed E-state index contributed by atoms with van der Waals surface area (Å²) in [5.41, 5.74) is 0. The molecule has 0 amide bonds. The van der Waals surface area contributed by atoms with Crippen molar-refractivity contribution in [3.63, 3.8) is 0 Å². The average molecular weight is 199 g/mol. The van der Waals surface area contributed by atoms with Gasteiger partial charge in [-0.3, -0.25) is 0 Å². The molecule has 3 unspecified atom stereocenters. The van der Waals surface area contributed by atoms with Crippen molar-refractivity contribution < 1.29 is 0 Å². The maximum absolute atomic E-state index is 3.66. The molecule has 3 atom stereocenters. The van der Waals surface area contributed by atoms with Crippen molar-refractivity contribution in [2.45, 2.75) is 78.8 Å². The molecule has 1 aliphatic heterocycles. The van der Waals surface area contributed by atoms with Gasteiger partial charge in [-0.1, -0.05) is 40.5 Å². The number of rotatable bonds is 0. The molecule has 0 aromatic carbocycles. The normalized spacial score (nSPS) is 34.5.